The summed E-state index contributed by atoms with van der Waals surface area (Å²) < 4.78 is 11.7. The van der Waals surface area contributed by atoms with E-state index in [2.05, 4.69) is 11.1 Å². The topological polar surface area (TPSA) is 91.9 Å². The first-order valence-corrected chi connectivity index (χ1v) is 10.5. The molecule has 1 amide bonds. The van der Waals surface area contributed by atoms with Gasteiger partial charge in [0.25, 0.3) is 5.91 Å². The molecule has 2 aliphatic rings. The maximum Gasteiger partial charge on any atom is 0.336 e. The van der Waals surface area contributed by atoms with Gasteiger partial charge in [0.05, 0.1) is 30.5 Å². The Morgan fingerprint density at radius 1 is 1.13 bits per heavy atom. The van der Waals surface area contributed by atoms with Crippen molar-refractivity contribution in [2.24, 2.45) is 0 Å². The number of methoxy groups -OCH3 is 1. The number of ether oxygens (including phenoxy) is 2. The number of fused-ring (bicyclic) bond motifs is 4. The minimum absolute atomic E-state index is 0.0357. The molecule has 2 aromatic carbocycles. The third-order valence-corrected chi connectivity index (χ3v) is 6.55. The summed E-state index contributed by atoms with van der Waals surface area (Å²) in [6.07, 6.45) is 2.15. The maximum atomic E-state index is 13.1. The number of aromatic carboxylic acids is 1. The standard InChI is InChI=1S/C24H24N2O5/c1-30-15-6-7-20-19(14-15)16-8-13-31-24(21(16)25-20)9-11-26(12-10-24)22(27)17-4-2-3-5-18(17)23(28)29/h2-7,14,25H,8-13H2,1H3,(H,28,29). The zero-order valence-corrected chi connectivity index (χ0v) is 17.3. The van der Waals surface area contributed by atoms with Crippen molar-refractivity contribution in [1.82, 2.24) is 9.88 Å². The van der Waals surface area contributed by atoms with Crippen LogP contribution < -0.4 is 4.74 Å². The number of aromatic amines is 1. The van der Waals surface area contributed by atoms with E-state index in [4.69, 9.17) is 9.47 Å². The largest absolute Gasteiger partial charge is 0.497 e. The van der Waals surface area contributed by atoms with E-state index >= 15 is 0 Å². The van der Waals surface area contributed by atoms with Crippen LogP contribution in [-0.2, 0) is 16.8 Å². The zero-order valence-electron chi connectivity index (χ0n) is 17.3. The van der Waals surface area contributed by atoms with Crippen LogP contribution in [0.2, 0.25) is 0 Å². The van der Waals surface area contributed by atoms with E-state index in [9.17, 15) is 14.7 Å². The van der Waals surface area contributed by atoms with Crippen LogP contribution in [0.3, 0.4) is 0 Å². The number of rotatable bonds is 3. The molecule has 0 atom stereocenters. The van der Waals surface area contributed by atoms with Crippen LogP contribution >= 0.6 is 0 Å². The van der Waals surface area contributed by atoms with Crippen LogP contribution in [0.5, 0.6) is 5.75 Å². The van der Waals surface area contributed by atoms with Gasteiger partial charge in [0.1, 0.15) is 11.4 Å². The molecule has 7 nitrogen and oxygen atoms in total. The summed E-state index contributed by atoms with van der Waals surface area (Å²) in [5.74, 6) is -0.510. The molecule has 5 rings (SSSR count). The number of hydrogen-bond acceptors (Lipinski definition) is 4. The summed E-state index contributed by atoms with van der Waals surface area (Å²) in [6.45, 7) is 1.64. The molecule has 2 N–H and O–H groups in total. The molecule has 7 heteroatoms. The molecule has 2 aliphatic heterocycles. The molecule has 0 bridgehead atoms. The monoisotopic (exact) mass is 420 g/mol. The lowest BCUT2D eigenvalue weighted by Gasteiger charge is -2.43. The maximum absolute atomic E-state index is 13.1. The molecule has 0 aliphatic carbocycles. The number of nitrogens with zero attached hydrogens (tertiary/aromatic N) is 1. The average molecular weight is 420 g/mol. The summed E-state index contributed by atoms with van der Waals surface area (Å²) >= 11 is 0. The predicted octanol–water partition coefficient (Wildman–Crippen LogP) is 3.58. The van der Waals surface area contributed by atoms with Crippen molar-refractivity contribution in [2.45, 2.75) is 24.9 Å². The molecule has 3 heterocycles. The first kappa shape index (κ1) is 19.6. The molecule has 0 unspecified atom stereocenters. The number of benzene rings is 2. The summed E-state index contributed by atoms with van der Waals surface area (Å²) in [5, 5.41) is 10.6. The van der Waals surface area contributed by atoms with Crippen molar-refractivity contribution in [3.05, 3.63) is 64.8 Å². The molecule has 1 fully saturated rings. The van der Waals surface area contributed by atoms with Gasteiger partial charge in [0, 0.05) is 24.0 Å². The summed E-state index contributed by atoms with van der Waals surface area (Å²) in [4.78, 5) is 29.9. The molecular weight excluding hydrogens is 396 g/mol. The lowest BCUT2D eigenvalue weighted by atomic mass is 9.83. The Labute approximate surface area is 179 Å². The first-order valence-electron chi connectivity index (χ1n) is 10.5. The summed E-state index contributed by atoms with van der Waals surface area (Å²) in [5.41, 5.74) is 3.23. The molecule has 160 valence electrons. The SMILES string of the molecule is COc1ccc2[nH]c3c(c2c1)CCOC31CCN(C(=O)c2ccccc2C(=O)O)CC1. The lowest BCUT2D eigenvalue weighted by molar-refractivity contribution is -0.0957. The normalized spacial score (nSPS) is 17.5. The fourth-order valence-corrected chi connectivity index (χ4v) is 4.91. The van der Waals surface area contributed by atoms with Gasteiger partial charge in [0.15, 0.2) is 0 Å². The summed E-state index contributed by atoms with van der Waals surface area (Å²) in [7, 11) is 1.67. The van der Waals surface area contributed by atoms with Crippen LogP contribution in [0.15, 0.2) is 42.5 Å². The Kier molecular flexibility index (Phi) is 4.70. The van der Waals surface area contributed by atoms with E-state index < -0.39 is 11.6 Å². The van der Waals surface area contributed by atoms with Crippen LogP contribution in [0, 0.1) is 0 Å². The highest BCUT2D eigenvalue weighted by atomic mass is 16.5. The van der Waals surface area contributed by atoms with Crippen molar-refractivity contribution in [3.63, 3.8) is 0 Å². The van der Waals surface area contributed by atoms with Gasteiger partial charge in [-0.15, -0.1) is 0 Å². The number of aromatic nitrogens is 1. The van der Waals surface area contributed by atoms with Crippen molar-refractivity contribution in [1.29, 1.82) is 0 Å². The highest BCUT2D eigenvalue weighted by Crippen LogP contribution is 2.44. The Hall–Kier alpha value is -3.32. The lowest BCUT2D eigenvalue weighted by Crippen LogP contribution is -2.48. The second-order valence-corrected chi connectivity index (χ2v) is 8.13. The molecular formula is C24H24N2O5. The molecule has 1 spiro atoms. The van der Waals surface area contributed by atoms with Crippen LogP contribution in [0.25, 0.3) is 10.9 Å². The predicted molar refractivity (Wildman–Crippen MR) is 115 cm³/mol. The second kappa shape index (κ2) is 7.42. The molecule has 3 aromatic rings. The van der Waals surface area contributed by atoms with Crippen molar-refractivity contribution >= 4 is 22.8 Å². The highest BCUT2D eigenvalue weighted by molar-refractivity contribution is 6.04. The number of carboxylic acid groups (broad SMARTS) is 1. The number of H-pyrrole nitrogens is 1. The minimum atomic E-state index is -1.09. The number of piperidine rings is 1. The van der Waals surface area contributed by atoms with Crippen molar-refractivity contribution < 1.29 is 24.2 Å². The van der Waals surface area contributed by atoms with Gasteiger partial charge in [-0.2, -0.15) is 0 Å². The molecule has 1 aromatic heterocycles. The Morgan fingerprint density at radius 2 is 1.87 bits per heavy atom. The van der Waals surface area contributed by atoms with Crippen LogP contribution in [0.1, 0.15) is 44.8 Å². The van der Waals surface area contributed by atoms with Gasteiger partial charge >= 0.3 is 5.97 Å². The number of carbonyl (C=O) groups is 2. The Bertz CT molecular complexity index is 1170. The molecule has 0 saturated carbocycles. The van der Waals surface area contributed by atoms with E-state index in [0.29, 0.717) is 32.5 Å². The first-order chi connectivity index (χ1) is 15.0. The molecule has 1 saturated heterocycles. The summed E-state index contributed by atoms with van der Waals surface area (Å²) in [6, 6.07) is 12.4. The van der Waals surface area contributed by atoms with Crippen LogP contribution in [-0.4, -0.2) is 53.7 Å². The number of nitrogens with one attached hydrogen (secondary N) is 1. The van der Waals surface area contributed by atoms with E-state index in [-0.39, 0.29) is 17.0 Å². The molecule has 0 radical (unpaired) electrons. The third kappa shape index (κ3) is 3.16. The Morgan fingerprint density at radius 3 is 2.58 bits per heavy atom. The second-order valence-electron chi connectivity index (χ2n) is 8.13. The number of hydrogen-bond donors (Lipinski definition) is 2. The number of likely N-dealkylation sites (tertiary alicyclic amines) is 1. The highest BCUT2D eigenvalue weighted by Gasteiger charge is 2.43. The van der Waals surface area contributed by atoms with Crippen LogP contribution in [0.4, 0.5) is 0 Å². The van der Waals surface area contributed by atoms with Gasteiger partial charge in [-0.3, -0.25) is 4.79 Å². The van der Waals surface area contributed by atoms with Gasteiger partial charge in [-0.25, -0.2) is 4.79 Å². The minimum Gasteiger partial charge on any atom is -0.497 e. The van der Waals surface area contributed by atoms with Gasteiger partial charge < -0.3 is 24.5 Å². The average Bonchev–Trinajstić information content (AvgIpc) is 3.18. The van der Waals surface area contributed by atoms with Gasteiger partial charge in [-0.1, -0.05) is 12.1 Å². The zero-order chi connectivity index (χ0) is 21.6. The molecule has 31 heavy (non-hydrogen) atoms. The number of amides is 1. The quantitative estimate of drug-likeness (QED) is 0.676. The van der Waals surface area contributed by atoms with Gasteiger partial charge in [-0.05, 0) is 55.2 Å². The fourth-order valence-electron chi connectivity index (χ4n) is 4.91. The number of carboxylic acids is 1. The van der Waals surface area contributed by atoms with E-state index in [1.165, 1.54) is 11.6 Å². The third-order valence-electron chi connectivity index (χ3n) is 6.55. The van der Waals surface area contributed by atoms with E-state index in [1.54, 1.807) is 30.2 Å². The van der Waals surface area contributed by atoms with E-state index in [0.717, 1.165) is 28.8 Å². The Balaban J connectivity index is 1.42. The van der Waals surface area contributed by atoms with Crippen molar-refractivity contribution in [3.8, 4) is 5.75 Å². The van der Waals surface area contributed by atoms with Gasteiger partial charge in [0.2, 0.25) is 0 Å². The number of carbonyl (C=O) groups excluding carboxylic acids is 1. The van der Waals surface area contributed by atoms with Crippen molar-refractivity contribution in [2.75, 3.05) is 26.8 Å². The van der Waals surface area contributed by atoms with E-state index in [1.807, 2.05) is 12.1 Å². The fraction of sp³-hybridized carbons (Fsp3) is 0.333. The smallest absolute Gasteiger partial charge is 0.336 e.